The molecule has 0 amide bonds. The van der Waals surface area contributed by atoms with E-state index in [1.54, 1.807) is 24.4 Å². The number of H-pyrrole nitrogens is 1. The average Bonchev–Trinajstić information content (AvgIpc) is 3.47. The first-order valence-corrected chi connectivity index (χ1v) is 13.1. The summed E-state index contributed by atoms with van der Waals surface area (Å²) in [6, 6.07) is 10.5. The van der Waals surface area contributed by atoms with Crippen LogP contribution in [0.1, 0.15) is 30.7 Å². The van der Waals surface area contributed by atoms with E-state index in [4.69, 9.17) is 16.3 Å². The summed E-state index contributed by atoms with van der Waals surface area (Å²) in [5, 5.41) is 16.1. The summed E-state index contributed by atoms with van der Waals surface area (Å²) in [7, 11) is -3.90. The Morgan fingerprint density at radius 1 is 1.18 bits per heavy atom. The maximum Gasteiger partial charge on any atom is 0.292 e. The summed E-state index contributed by atoms with van der Waals surface area (Å²) >= 11 is 7.48. The van der Waals surface area contributed by atoms with Crippen LogP contribution in [0.3, 0.4) is 0 Å². The zero-order chi connectivity index (χ0) is 24.5. The summed E-state index contributed by atoms with van der Waals surface area (Å²) in [5.74, 6) is 0.860. The second-order valence-corrected chi connectivity index (χ2v) is 11.2. The van der Waals surface area contributed by atoms with Gasteiger partial charge >= 0.3 is 0 Å². The van der Waals surface area contributed by atoms with Crippen molar-refractivity contribution in [2.45, 2.75) is 44.7 Å². The van der Waals surface area contributed by atoms with Gasteiger partial charge in [0.2, 0.25) is 10.2 Å². The van der Waals surface area contributed by atoms with Crippen molar-refractivity contribution < 1.29 is 13.2 Å². The first-order chi connectivity index (χ1) is 16.2. The van der Waals surface area contributed by atoms with Gasteiger partial charge in [0.1, 0.15) is 12.4 Å². The number of hydrogen-bond acceptors (Lipinski definition) is 8. The number of sulfonamides is 1. The molecule has 0 spiro atoms. The van der Waals surface area contributed by atoms with Crippen molar-refractivity contribution in [2.24, 2.45) is 0 Å². The van der Waals surface area contributed by atoms with Crippen molar-refractivity contribution >= 4 is 38.6 Å². The fraction of sp³-hybridized carbons (Fsp3) is 0.273. The minimum Gasteiger partial charge on any atom is -0.487 e. The molecule has 9 nitrogen and oxygen atoms in total. The Labute approximate surface area is 206 Å². The van der Waals surface area contributed by atoms with Gasteiger partial charge in [-0.1, -0.05) is 35.9 Å². The molecule has 1 N–H and O–H groups in total. The van der Waals surface area contributed by atoms with Crippen LogP contribution in [0.25, 0.3) is 11.4 Å². The third-order valence-corrected chi connectivity index (χ3v) is 8.72. The number of rotatable bonds is 8. The van der Waals surface area contributed by atoms with Gasteiger partial charge in [0, 0.05) is 33.8 Å². The topological polar surface area (TPSA) is 114 Å². The molecule has 0 fully saturated rings. The Balaban J connectivity index is 1.66. The van der Waals surface area contributed by atoms with Gasteiger partial charge in [0.25, 0.3) is 10.0 Å². The lowest BCUT2D eigenvalue weighted by atomic mass is 10.1. The number of aryl methyl sites for hydroxylation is 2. The van der Waals surface area contributed by atoms with E-state index in [1.807, 2.05) is 45.0 Å². The van der Waals surface area contributed by atoms with E-state index in [1.165, 1.54) is 4.31 Å². The van der Waals surface area contributed by atoms with Gasteiger partial charge in [-0.15, -0.1) is 21.5 Å². The zero-order valence-corrected chi connectivity index (χ0v) is 21.4. The molecule has 0 aliphatic heterocycles. The van der Waals surface area contributed by atoms with Gasteiger partial charge in [-0.05, 0) is 50.1 Å². The van der Waals surface area contributed by atoms with Gasteiger partial charge in [0.15, 0.2) is 0 Å². The van der Waals surface area contributed by atoms with Crippen LogP contribution >= 0.6 is 22.9 Å². The van der Waals surface area contributed by atoms with Crippen molar-refractivity contribution in [3.63, 3.8) is 0 Å². The molecular formula is C22H23ClN6O3S2. The lowest BCUT2D eigenvalue weighted by Crippen LogP contribution is -2.37. The number of aromatic amines is 1. The summed E-state index contributed by atoms with van der Waals surface area (Å²) < 4.78 is 34.5. The highest BCUT2D eigenvalue weighted by Gasteiger charge is 2.32. The number of anilines is 1. The molecule has 0 saturated carbocycles. The molecule has 0 atom stereocenters. The van der Waals surface area contributed by atoms with Crippen LogP contribution in [0.15, 0.2) is 46.1 Å². The predicted octanol–water partition coefficient (Wildman–Crippen LogP) is 4.78. The first-order valence-electron chi connectivity index (χ1n) is 10.4. The molecule has 178 valence electrons. The minimum atomic E-state index is -3.90. The smallest absolute Gasteiger partial charge is 0.292 e. The van der Waals surface area contributed by atoms with E-state index < -0.39 is 10.0 Å². The molecule has 0 aliphatic carbocycles. The molecule has 0 bridgehead atoms. The highest BCUT2D eigenvalue weighted by molar-refractivity contribution is 7.94. The summed E-state index contributed by atoms with van der Waals surface area (Å²) in [4.78, 5) is 4.21. The summed E-state index contributed by atoms with van der Waals surface area (Å²) in [6.45, 7) is 7.41. The first kappa shape index (κ1) is 24.1. The number of thiazole rings is 1. The molecule has 2 aromatic heterocycles. The van der Waals surface area contributed by atoms with Gasteiger partial charge in [-0.25, -0.2) is 4.98 Å². The number of ether oxygens (including phenoxy) is 1. The van der Waals surface area contributed by atoms with Gasteiger partial charge in [-0.3, -0.25) is 4.31 Å². The van der Waals surface area contributed by atoms with E-state index in [9.17, 15) is 8.42 Å². The molecule has 4 aromatic rings. The summed E-state index contributed by atoms with van der Waals surface area (Å²) in [5.41, 5.74) is 3.50. The molecule has 0 unspecified atom stereocenters. The quantitative estimate of drug-likeness (QED) is 0.357. The van der Waals surface area contributed by atoms with Crippen LogP contribution in [0.5, 0.6) is 5.75 Å². The minimum absolute atomic E-state index is 0.0364. The molecular weight excluding hydrogens is 496 g/mol. The highest BCUT2D eigenvalue weighted by atomic mass is 35.5. The monoisotopic (exact) mass is 518 g/mol. The van der Waals surface area contributed by atoms with Crippen LogP contribution in [0.2, 0.25) is 5.02 Å². The van der Waals surface area contributed by atoms with Crippen molar-refractivity contribution in [1.29, 1.82) is 0 Å². The van der Waals surface area contributed by atoms with E-state index >= 15 is 0 Å². The Morgan fingerprint density at radius 3 is 2.50 bits per heavy atom. The van der Waals surface area contributed by atoms with Crippen LogP contribution in [0.4, 0.5) is 5.69 Å². The number of nitrogens with zero attached hydrogens (tertiary/aromatic N) is 5. The Hall–Kier alpha value is -3.02. The van der Waals surface area contributed by atoms with Crippen molar-refractivity contribution in [1.82, 2.24) is 25.6 Å². The highest BCUT2D eigenvalue weighted by Crippen LogP contribution is 2.39. The van der Waals surface area contributed by atoms with Crippen LogP contribution in [0, 0.1) is 13.8 Å². The van der Waals surface area contributed by atoms with E-state index in [2.05, 4.69) is 25.6 Å². The molecule has 34 heavy (non-hydrogen) atoms. The van der Waals surface area contributed by atoms with Gasteiger partial charge in [0.05, 0.1) is 5.69 Å². The second-order valence-electron chi connectivity index (χ2n) is 7.94. The molecule has 0 radical (unpaired) electrons. The zero-order valence-electron chi connectivity index (χ0n) is 19.0. The second kappa shape index (κ2) is 9.69. The molecule has 2 heterocycles. The Morgan fingerprint density at radius 2 is 1.91 bits per heavy atom. The number of hydrogen-bond donors (Lipinski definition) is 1. The van der Waals surface area contributed by atoms with Crippen molar-refractivity contribution in [3.8, 4) is 17.1 Å². The fourth-order valence-electron chi connectivity index (χ4n) is 3.35. The van der Waals surface area contributed by atoms with E-state index in [0.29, 0.717) is 28.0 Å². The maximum atomic E-state index is 13.5. The lowest BCUT2D eigenvalue weighted by molar-refractivity contribution is 0.307. The normalized spacial score (nSPS) is 11.7. The van der Waals surface area contributed by atoms with Gasteiger partial charge < -0.3 is 4.74 Å². The third-order valence-electron chi connectivity index (χ3n) is 4.98. The number of halogens is 1. The number of tetrazole rings is 1. The largest absolute Gasteiger partial charge is 0.487 e. The van der Waals surface area contributed by atoms with E-state index in [0.717, 1.165) is 28.0 Å². The SMILES string of the molecule is Cc1csc(S(=O)(=O)N(c2cc(C)c(Cl)cc2OCc2ccc(-c3nn[nH]n3)cc2)C(C)C)n1. The predicted molar refractivity (Wildman–Crippen MR) is 132 cm³/mol. The molecule has 12 heteroatoms. The standard InChI is InChI=1S/C22H23ClN6O3S2/c1-13(2)29(34(30,31)22-24-15(4)12-33-22)19-9-14(3)18(23)10-20(19)32-11-16-5-7-17(8-6-16)21-25-27-28-26-21/h5-10,12-13H,11H2,1-4H3,(H,25,26,27,28). The van der Waals surface area contributed by atoms with Crippen LogP contribution < -0.4 is 9.04 Å². The molecule has 0 saturated heterocycles. The average molecular weight is 519 g/mol. The fourth-order valence-corrected chi connectivity index (χ4v) is 6.28. The summed E-state index contributed by atoms with van der Waals surface area (Å²) in [6.07, 6.45) is 0. The van der Waals surface area contributed by atoms with Crippen LogP contribution in [-0.2, 0) is 16.6 Å². The Kier molecular flexibility index (Phi) is 6.87. The molecule has 4 rings (SSSR count). The van der Waals surface area contributed by atoms with Crippen molar-refractivity contribution in [2.75, 3.05) is 4.31 Å². The van der Waals surface area contributed by atoms with Crippen molar-refractivity contribution in [3.05, 3.63) is 63.6 Å². The maximum absolute atomic E-state index is 13.5. The number of nitrogens with one attached hydrogen (secondary N) is 1. The Bertz CT molecular complexity index is 1390. The van der Waals surface area contributed by atoms with Gasteiger partial charge in [-0.2, -0.15) is 13.6 Å². The number of aromatic nitrogens is 5. The van der Waals surface area contributed by atoms with Crippen LogP contribution in [-0.4, -0.2) is 40.1 Å². The lowest BCUT2D eigenvalue weighted by Gasteiger charge is -2.29. The third kappa shape index (κ3) is 4.91. The molecule has 2 aromatic carbocycles. The molecule has 0 aliphatic rings. The number of benzene rings is 2. The van der Waals surface area contributed by atoms with E-state index in [-0.39, 0.29) is 17.0 Å².